The molecule has 0 N–H and O–H groups in total. The van der Waals surface area contributed by atoms with E-state index in [1.165, 1.54) is 17.0 Å². The summed E-state index contributed by atoms with van der Waals surface area (Å²) in [6.45, 7) is 3.02. The van der Waals surface area contributed by atoms with E-state index in [4.69, 9.17) is 94.2 Å². The molecule has 0 spiro atoms. The van der Waals surface area contributed by atoms with E-state index in [2.05, 4.69) is 4.98 Å². The summed E-state index contributed by atoms with van der Waals surface area (Å²) in [5.74, 6) is -1.83. The molecule has 1 aliphatic rings. The van der Waals surface area contributed by atoms with Gasteiger partial charge >= 0.3 is 6.18 Å². The van der Waals surface area contributed by atoms with Crippen LogP contribution in [0.5, 0.6) is 0 Å². The highest BCUT2D eigenvalue weighted by atomic mass is 32.2. The van der Waals surface area contributed by atoms with E-state index in [1.54, 1.807) is 13.8 Å². The number of hydrogen-bond acceptors (Lipinski definition) is 5. The summed E-state index contributed by atoms with van der Waals surface area (Å²) in [6, 6.07) is 8.85. The smallest absolute Gasteiger partial charge is 0.349 e. The van der Waals surface area contributed by atoms with Gasteiger partial charge in [-0.15, -0.1) is 0 Å². The molecule has 24 radical (unpaired) electrons. The fraction of sp³-hybridized carbons (Fsp3) is 0.361. The molecular formula is C36H26B12F4N4O2S. The number of amides is 1. The largest absolute Gasteiger partial charge is 0.416 e. The number of halogens is 4. The predicted molar refractivity (Wildman–Crippen MR) is 236 cm³/mol. The Morgan fingerprint density at radius 3 is 1.81 bits per heavy atom. The maximum Gasteiger partial charge on any atom is 0.416 e. The van der Waals surface area contributed by atoms with Crippen molar-refractivity contribution in [2.75, 3.05) is 13.1 Å². The number of alkyl halides is 3. The SMILES string of the molecule is [B]c1c([B])c(-c2ccc(C(F)(F)F)cc2)c([B])c([B])c1CN(C(=O)C([B])([B])n1c(SC([B])([B])c2ccc(F)cc2)nc(=O)c2c1CCC2)C([B])([B])C([B])([B])N(CC)CC. The molecule has 23 heteroatoms. The number of benzene rings is 3. The van der Waals surface area contributed by atoms with Gasteiger partial charge in [0.05, 0.1) is 52.6 Å². The third kappa shape index (κ3) is 8.67. The molecule has 272 valence electrons. The molecule has 1 amide bonds. The van der Waals surface area contributed by atoms with Gasteiger partial charge in [-0.3, -0.25) is 9.59 Å². The summed E-state index contributed by atoms with van der Waals surface area (Å²) in [5.41, 5.74) is -1.88. The molecule has 5 rings (SSSR count). The van der Waals surface area contributed by atoms with Crippen LogP contribution in [-0.2, 0) is 40.2 Å². The van der Waals surface area contributed by atoms with Crippen LogP contribution in [-0.4, -0.2) is 143 Å². The van der Waals surface area contributed by atoms with Crippen LogP contribution in [0.15, 0.2) is 58.5 Å². The Kier molecular flexibility index (Phi) is 13.5. The number of fused-ring (bicyclic) bond motifs is 1. The fourth-order valence-corrected chi connectivity index (χ4v) is 8.18. The second kappa shape index (κ2) is 16.9. The van der Waals surface area contributed by atoms with Crippen LogP contribution in [0.2, 0.25) is 0 Å². The quantitative estimate of drug-likeness (QED) is 0.0700. The lowest BCUT2D eigenvalue weighted by molar-refractivity contribution is -0.138. The second-order valence-corrected chi connectivity index (χ2v) is 15.6. The van der Waals surface area contributed by atoms with Crippen LogP contribution in [0, 0.1) is 5.82 Å². The Morgan fingerprint density at radius 2 is 1.31 bits per heavy atom. The summed E-state index contributed by atoms with van der Waals surface area (Å²) in [4.78, 5) is 35.0. The van der Waals surface area contributed by atoms with E-state index in [9.17, 15) is 22.4 Å². The molecule has 59 heavy (non-hydrogen) atoms. The highest BCUT2D eigenvalue weighted by molar-refractivity contribution is 8.02. The van der Waals surface area contributed by atoms with Crippen molar-refractivity contribution in [2.24, 2.45) is 0 Å². The van der Waals surface area contributed by atoms with Gasteiger partial charge in [0.2, 0.25) is 5.91 Å². The van der Waals surface area contributed by atoms with Crippen molar-refractivity contribution >= 4 is 134 Å². The highest BCUT2D eigenvalue weighted by Crippen LogP contribution is 2.39. The molecule has 3 aromatic carbocycles. The molecule has 6 nitrogen and oxygen atoms in total. The molecule has 1 aliphatic carbocycles. The Bertz CT molecular complexity index is 2280. The van der Waals surface area contributed by atoms with E-state index in [0.29, 0.717) is 18.2 Å². The average molecular weight is 784 g/mol. The molecule has 1 aromatic heterocycles. The van der Waals surface area contributed by atoms with Gasteiger partial charge in [0.25, 0.3) is 5.56 Å². The number of rotatable bonds is 13. The Balaban J connectivity index is 1.71. The van der Waals surface area contributed by atoms with Gasteiger partial charge in [0.1, 0.15) is 52.9 Å². The van der Waals surface area contributed by atoms with E-state index in [1.807, 2.05) is 0 Å². The lowest BCUT2D eigenvalue weighted by Crippen LogP contribution is -2.76. The minimum absolute atomic E-state index is 0.00835. The maximum absolute atomic E-state index is 15.3. The number of carbonyl (C=O) groups excluding carboxylic acids is 1. The molecule has 0 fully saturated rings. The number of aromatic nitrogens is 2. The highest BCUT2D eigenvalue weighted by Gasteiger charge is 2.49. The zero-order chi connectivity index (χ0) is 44.2. The van der Waals surface area contributed by atoms with Crippen molar-refractivity contribution in [3.63, 3.8) is 0 Å². The van der Waals surface area contributed by atoms with E-state index in [-0.39, 0.29) is 86.4 Å². The van der Waals surface area contributed by atoms with Crippen molar-refractivity contribution < 1.29 is 22.4 Å². The van der Waals surface area contributed by atoms with Crippen molar-refractivity contribution in [3.8, 4) is 11.1 Å². The molecule has 0 atom stereocenters. The first-order valence-electron chi connectivity index (χ1n) is 18.1. The first-order valence-corrected chi connectivity index (χ1v) is 19.0. The first-order chi connectivity index (χ1) is 27.2. The number of likely N-dealkylation sites (N-methyl/N-ethyl adjacent to an activating group) is 1. The minimum atomic E-state index is -4.62. The topological polar surface area (TPSA) is 58.4 Å². The van der Waals surface area contributed by atoms with Crippen LogP contribution in [0.4, 0.5) is 17.6 Å². The van der Waals surface area contributed by atoms with Gasteiger partial charge in [-0.1, -0.05) is 71.7 Å². The summed E-state index contributed by atoms with van der Waals surface area (Å²) < 4.78 is 53.1. The summed E-state index contributed by atoms with van der Waals surface area (Å²) in [5, 5.41) is -7.92. The van der Waals surface area contributed by atoms with Gasteiger partial charge in [0.15, 0.2) is 5.16 Å². The zero-order valence-corrected chi connectivity index (χ0v) is 33.1. The Labute approximate surface area is 362 Å². The van der Waals surface area contributed by atoms with Crippen molar-refractivity contribution in [3.05, 3.63) is 92.6 Å². The van der Waals surface area contributed by atoms with Crippen molar-refractivity contribution in [1.29, 1.82) is 0 Å². The van der Waals surface area contributed by atoms with Crippen molar-refractivity contribution in [2.45, 2.75) is 71.5 Å². The third-order valence-electron chi connectivity index (χ3n) is 10.6. The van der Waals surface area contributed by atoms with Gasteiger partial charge < -0.3 is 14.4 Å². The maximum atomic E-state index is 15.3. The van der Waals surface area contributed by atoms with Crippen molar-refractivity contribution in [1.82, 2.24) is 19.4 Å². The Morgan fingerprint density at radius 1 is 0.780 bits per heavy atom. The van der Waals surface area contributed by atoms with Gasteiger partial charge in [-0.25, -0.2) is 4.39 Å². The lowest BCUT2D eigenvalue weighted by atomic mass is 9.36. The van der Waals surface area contributed by atoms with Crippen LogP contribution in [0.3, 0.4) is 0 Å². The lowest BCUT2D eigenvalue weighted by Gasteiger charge is -2.58. The predicted octanol–water partition coefficient (Wildman–Crippen LogP) is -1.73. The third-order valence-corrected chi connectivity index (χ3v) is 11.6. The summed E-state index contributed by atoms with van der Waals surface area (Å²) in [7, 11) is 79.8. The minimum Gasteiger partial charge on any atom is -0.349 e. The Hall–Kier alpha value is -3.18. The fourth-order valence-electron chi connectivity index (χ4n) is 7.14. The van der Waals surface area contributed by atoms with Crippen LogP contribution in [0.25, 0.3) is 11.1 Å². The standard InChI is InChI=1S/C36H26B12F4N4O2S/c1-3-54(4-2)35(45,46)36(47,48)55(16-22-25(37)27(39)24(28(40)26(22)38)17-8-10-19(11-9-17)34(50,51)52)30(58)32(41,42)56-23-7-5-6-21(23)29(57)53-31(56)59-33(43,44)18-12-14-20(49)15-13-18/h8-15H,3-7,16H2,1-2H3. The van der Waals surface area contributed by atoms with E-state index < -0.39 is 56.1 Å². The van der Waals surface area contributed by atoms with Crippen LogP contribution < -0.4 is 27.4 Å². The van der Waals surface area contributed by atoms with Gasteiger partial charge in [-0.05, 0) is 94.1 Å². The average Bonchev–Trinajstić information content (AvgIpc) is 3.64. The van der Waals surface area contributed by atoms with Crippen LogP contribution >= 0.6 is 11.8 Å². The molecule has 4 aromatic rings. The molecular weight excluding hydrogens is 758 g/mol. The molecule has 0 unspecified atom stereocenters. The van der Waals surface area contributed by atoms with Crippen LogP contribution in [0.1, 0.15) is 48.2 Å². The molecule has 0 aliphatic heterocycles. The normalized spacial score (nSPS) is 13.7. The van der Waals surface area contributed by atoms with E-state index >= 15 is 4.79 Å². The second-order valence-electron chi connectivity index (χ2n) is 14.3. The van der Waals surface area contributed by atoms with Gasteiger partial charge in [0, 0.05) is 23.1 Å². The molecule has 0 bridgehead atoms. The molecule has 0 saturated heterocycles. The molecule has 0 saturated carbocycles. The number of hydrogen-bond donors (Lipinski definition) is 0. The van der Waals surface area contributed by atoms with Gasteiger partial charge in [-0.2, -0.15) is 18.2 Å². The number of nitrogens with zero attached hydrogens (tertiary/aromatic N) is 4. The first kappa shape index (κ1) is 46.9. The number of thioether (sulfide) groups is 1. The summed E-state index contributed by atoms with van der Waals surface area (Å²) in [6.07, 6.45) is -3.70. The number of carbonyl (C=O) groups is 1. The van der Waals surface area contributed by atoms with E-state index in [0.717, 1.165) is 45.9 Å². The monoisotopic (exact) mass is 786 g/mol. The zero-order valence-electron chi connectivity index (χ0n) is 32.3. The molecule has 1 heterocycles. The summed E-state index contributed by atoms with van der Waals surface area (Å²) >= 11 is 0.606.